The number of hydrogen-bond acceptors (Lipinski definition) is 9. The van der Waals surface area contributed by atoms with E-state index in [1.807, 2.05) is 18.0 Å². The van der Waals surface area contributed by atoms with Crippen LogP contribution in [-0.2, 0) is 16.1 Å². The highest BCUT2D eigenvalue weighted by Crippen LogP contribution is 2.30. The highest BCUT2D eigenvalue weighted by atomic mass is 16.6. The second kappa shape index (κ2) is 13.2. The van der Waals surface area contributed by atoms with E-state index in [-0.39, 0.29) is 50.0 Å². The fourth-order valence-electron chi connectivity index (χ4n) is 5.03. The number of likely N-dealkylation sites (tertiary alicyclic amines) is 1. The normalized spacial score (nSPS) is 16.5. The van der Waals surface area contributed by atoms with Gasteiger partial charge < -0.3 is 30.1 Å². The van der Waals surface area contributed by atoms with Crippen LogP contribution in [0.15, 0.2) is 42.9 Å². The number of nitrogens with two attached hydrogens (primary N) is 1. The largest absolute Gasteiger partial charge is 0.445 e. The number of aromatic nitrogens is 3. The van der Waals surface area contributed by atoms with Gasteiger partial charge in [-0.05, 0) is 36.1 Å². The Morgan fingerprint density at radius 1 is 1.10 bits per heavy atom. The number of hydrogen-bond donors (Lipinski definition) is 1. The van der Waals surface area contributed by atoms with Crippen LogP contribution >= 0.6 is 0 Å². The third-order valence-electron chi connectivity index (χ3n) is 7.75. The monoisotopic (exact) mass is 575 g/mol. The molecular formula is C29H37N9O4. The van der Waals surface area contributed by atoms with Gasteiger partial charge in [-0.2, -0.15) is 5.26 Å². The molecule has 0 spiro atoms. The van der Waals surface area contributed by atoms with E-state index < -0.39 is 6.09 Å². The second-order valence-electron chi connectivity index (χ2n) is 10.7. The summed E-state index contributed by atoms with van der Waals surface area (Å²) in [6.45, 7) is 3.92. The van der Waals surface area contributed by atoms with Gasteiger partial charge in [0, 0.05) is 59.2 Å². The number of piperidine rings is 1. The van der Waals surface area contributed by atoms with Crippen molar-refractivity contribution in [2.45, 2.75) is 32.4 Å². The topological polar surface area (TPSA) is 154 Å². The molecule has 42 heavy (non-hydrogen) atoms. The number of anilines is 2. The first-order valence-electron chi connectivity index (χ1n) is 13.8. The molecule has 0 radical (unpaired) electrons. The van der Waals surface area contributed by atoms with Crippen molar-refractivity contribution in [2.75, 3.05) is 58.0 Å². The molecule has 4 rings (SSSR count). The van der Waals surface area contributed by atoms with Gasteiger partial charge in [0.05, 0.1) is 17.5 Å². The Kier molecular flexibility index (Phi) is 9.46. The average molecular weight is 576 g/mol. The van der Waals surface area contributed by atoms with E-state index >= 15 is 0 Å². The van der Waals surface area contributed by atoms with Crippen molar-refractivity contribution in [3.8, 4) is 6.07 Å². The zero-order valence-electron chi connectivity index (χ0n) is 24.4. The first-order valence-corrected chi connectivity index (χ1v) is 13.8. The number of carbonyl (C=O) groups is 3. The Hall–Kier alpha value is -4.86. The van der Waals surface area contributed by atoms with Gasteiger partial charge in [0.25, 0.3) is 0 Å². The van der Waals surface area contributed by atoms with Crippen LogP contribution in [0.25, 0.3) is 11.0 Å². The van der Waals surface area contributed by atoms with Crippen molar-refractivity contribution in [3.05, 3.63) is 48.4 Å². The van der Waals surface area contributed by atoms with E-state index in [1.54, 1.807) is 55.5 Å². The second-order valence-corrected chi connectivity index (χ2v) is 10.7. The van der Waals surface area contributed by atoms with E-state index in [0.717, 1.165) is 12.0 Å². The number of nitrogens with zero attached hydrogens (tertiary/aromatic N) is 8. The van der Waals surface area contributed by atoms with Gasteiger partial charge in [-0.1, -0.05) is 19.1 Å². The highest BCUT2D eigenvalue weighted by Gasteiger charge is 2.33. The van der Waals surface area contributed by atoms with Gasteiger partial charge >= 0.3 is 12.1 Å². The Labute approximate surface area is 245 Å². The van der Waals surface area contributed by atoms with Crippen LogP contribution in [-0.4, -0.2) is 101 Å². The Morgan fingerprint density at radius 3 is 2.52 bits per heavy atom. The van der Waals surface area contributed by atoms with Crippen LogP contribution in [0.4, 0.5) is 21.1 Å². The lowest BCUT2D eigenvalue weighted by molar-refractivity contribution is -0.131. The van der Waals surface area contributed by atoms with E-state index in [0.29, 0.717) is 35.6 Å². The molecular weight excluding hydrogens is 538 g/mol. The number of carbonyl (C=O) groups excluding carboxylic acids is 3. The summed E-state index contributed by atoms with van der Waals surface area (Å²) in [6, 6.07) is 10.5. The molecule has 0 bridgehead atoms. The number of benzene rings is 1. The third kappa shape index (κ3) is 6.71. The summed E-state index contributed by atoms with van der Waals surface area (Å²) in [5, 5.41) is 9.65. The SMILES string of the molecule is C[C@@H]1CCN(C(=O)CC#N)C[C@@H]1N(C)c1ncnc2c1ccn2C(=O)N(C)CCN(C)C(=O)OCc1ccc(N)cc1. The van der Waals surface area contributed by atoms with Crippen LogP contribution < -0.4 is 10.6 Å². The zero-order valence-corrected chi connectivity index (χ0v) is 24.4. The van der Waals surface area contributed by atoms with E-state index in [2.05, 4.69) is 16.9 Å². The molecule has 3 aromatic rings. The van der Waals surface area contributed by atoms with Crippen LogP contribution in [0.5, 0.6) is 0 Å². The number of fused-ring (bicyclic) bond motifs is 1. The lowest BCUT2D eigenvalue weighted by Gasteiger charge is -2.42. The van der Waals surface area contributed by atoms with Crippen molar-refractivity contribution < 1.29 is 19.1 Å². The lowest BCUT2D eigenvalue weighted by Crippen LogP contribution is -2.52. The molecule has 3 heterocycles. The number of likely N-dealkylation sites (N-methyl/N-ethyl adjacent to an activating group) is 3. The smallest absolute Gasteiger partial charge is 0.409 e. The van der Waals surface area contributed by atoms with E-state index in [9.17, 15) is 14.4 Å². The molecule has 1 fully saturated rings. The minimum Gasteiger partial charge on any atom is -0.445 e. The van der Waals surface area contributed by atoms with Gasteiger partial charge in [0.1, 0.15) is 25.2 Å². The molecule has 13 heteroatoms. The van der Waals surface area contributed by atoms with Gasteiger partial charge in [0.2, 0.25) is 5.91 Å². The molecule has 3 amide bonds. The fraction of sp³-hybridized carbons (Fsp3) is 0.448. The maximum Gasteiger partial charge on any atom is 0.409 e. The molecule has 1 aliphatic rings. The summed E-state index contributed by atoms with van der Waals surface area (Å²) < 4.78 is 6.82. The van der Waals surface area contributed by atoms with Crippen molar-refractivity contribution in [1.82, 2.24) is 29.2 Å². The first kappa shape index (κ1) is 30.1. The van der Waals surface area contributed by atoms with Crippen LogP contribution in [0.3, 0.4) is 0 Å². The first-order chi connectivity index (χ1) is 20.1. The summed E-state index contributed by atoms with van der Waals surface area (Å²) in [4.78, 5) is 53.8. The van der Waals surface area contributed by atoms with Gasteiger partial charge in [0.15, 0.2) is 5.65 Å². The zero-order chi connectivity index (χ0) is 30.4. The molecule has 2 atom stereocenters. The van der Waals surface area contributed by atoms with Crippen molar-refractivity contribution in [3.63, 3.8) is 0 Å². The number of nitriles is 1. The summed E-state index contributed by atoms with van der Waals surface area (Å²) in [5.41, 5.74) is 7.61. The fourth-order valence-corrected chi connectivity index (χ4v) is 5.03. The van der Waals surface area contributed by atoms with Gasteiger partial charge in [-0.25, -0.2) is 19.6 Å². The predicted octanol–water partition coefficient (Wildman–Crippen LogP) is 2.77. The molecule has 0 unspecified atom stereocenters. The van der Waals surface area contributed by atoms with Crippen LogP contribution in [0.1, 0.15) is 25.3 Å². The summed E-state index contributed by atoms with van der Waals surface area (Å²) in [7, 11) is 5.20. The molecule has 1 aromatic carbocycles. The lowest BCUT2D eigenvalue weighted by atomic mass is 9.92. The van der Waals surface area contributed by atoms with E-state index in [1.165, 1.54) is 20.7 Å². The Bertz CT molecular complexity index is 1470. The summed E-state index contributed by atoms with van der Waals surface area (Å²) in [6.07, 6.45) is 3.27. The highest BCUT2D eigenvalue weighted by molar-refractivity contribution is 5.94. The number of nitrogen functional groups attached to an aromatic ring is 1. The standard InChI is InChI=1S/C29H37N9O4/c1-20-10-13-37(25(39)9-12-30)17-24(20)36(4)26-23-11-14-38(27(23)33-19-32-26)28(40)34(2)15-16-35(3)29(41)42-18-21-5-7-22(31)8-6-21/h5-8,11,14,19-20,24H,9-10,13,15-18,31H2,1-4H3/t20-,24+/m1/s1. The molecule has 0 saturated carbocycles. The minimum absolute atomic E-state index is 0.0171. The molecule has 2 aromatic heterocycles. The van der Waals surface area contributed by atoms with Crippen molar-refractivity contribution in [1.29, 1.82) is 5.26 Å². The van der Waals surface area contributed by atoms with E-state index in [4.69, 9.17) is 15.7 Å². The maximum absolute atomic E-state index is 13.4. The summed E-state index contributed by atoms with van der Waals surface area (Å²) in [5.74, 6) is 0.775. The van der Waals surface area contributed by atoms with Gasteiger partial charge in [-0.15, -0.1) is 0 Å². The minimum atomic E-state index is -0.496. The molecule has 1 saturated heterocycles. The molecule has 2 N–H and O–H groups in total. The van der Waals surface area contributed by atoms with Crippen molar-refractivity contribution >= 4 is 40.6 Å². The summed E-state index contributed by atoms with van der Waals surface area (Å²) >= 11 is 0. The number of ether oxygens (including phenoxy) is 1. The molecule has 1 aliphatic heterocycles. The van der Waals surface area contributed by atoms with Crippen molar-refractivity contribution in [2.24, 2.45) is 5.92 Å². The molecule has 0 aliphatic carbocycles. The number of amides is 3. The van der Waals surface area contributed by atoms with Crippen LogP contribution in [0, 0.1) is 17.2 Å². The predicted molar refractivity (Wildman–Crippen MR) is 157 cm³/mol. The Morgan fingerprint density at radius 2 is 1.81 bits per heavy atom. The number of rotatable bonds is 8. The van der Waals surface area contributed by atoms with Crippen LogP contribution in [0.2, 0.25) is 0 Å². The quantitative estimate of drug-likeness (QED) is 0.399. The Balaban J connectivity index is 1.39. The third-order valence-corrected chi connectivity index (χ3v) is 7.75. The maximum atomic E-state index is 13.4. The molecule has 13 nitrogen and oxygen atoms in total. The van der Waals surface area contributed by atoms with Gasteiger partial charge in [-0.3, -0.25) is 9.36 Å². The molecule has 222 valence electrons. The average Bonchev–Trinajstić information content (AvgIpc) is 3.43.